The summed E-state index contributed by atoms with van der Waals surface area (Å²) >= 11 is 0. The number of carbonyl (C=O) groups is 1. The summed E-state index contributed by atoms with van der Waals surface area (Å²) in [4.78, 5) is 14.8. The van der Waals surface area contributed by atoms with E-state index in [2.05, 4.69) is 9.72 Å². The Hall–Kier alpha value is -1.53. The minimum Gasteiger partial charge on any atom is -0.460 e. The molecular formula is C12H16F3NO3. The molecule has 19 heavy (non-hydrogen) atoms. The summed E-state index contributed by atoms with van der Waals surface area (Å²) in [6, 6.07) is 0. The summed E-state index contributed by atoms with van der Waals surface area (Å²) in [6.45, 7) is 6.94. The molecule has 1 heterocycles. The number of alkyl halides is 3. The molecule has 0 N–H and O–H groups in total. The quantitative estimate of drug-likeness (QED) is 0.795. The van der Waals surface area contributed by atoms with Crippen LogP contribution in [0.2, 0.25) is 0 Å². The van der Waals surface area contributed by atoms with Crippen molar-refractivity contribution in [1.29, 1.82) is 0 Å². The van der Waals surface area contributed by atoms with Crippen LogP contribution in [0.5, 0.6) is 0 Å². The molecule has 0 aliphatic heterocycles. The van der Waals surface area contributed by atoms with Gasteiger partial charge in [0.1, 0.15) is 0 Å². The number of carbonyl (C=O) groups excluding carboxylic acids is 1. The van der Waals surface area contributed by atoms with Gasteiger partial charge in [0.25, 0.3) is 0 Å². The first-order valence-electron chi connectivity index (χ1n) is 5.78. The minimum absolute atomic E-state index is 0.0363. The van der Waals surface area contributed by atoms with Crippen LogP contribution in [0.15, 0.2) is 4.42 Å². The van der Waals surface area contributed by atoms with Crippen LogP contribution >= 0.6 is 0 Å². The minimum atomic E-state index is -4.75. The zero-order valence-corrected chi connectivity index (χ0v) is 11.2. The highest BCUT2D eigenvalue weighted by Crippen LogP contribution is 2.33. The molecule has 0 spiro atoms. The average molecular weight is 279 g/mol. The Morgan fingerprint density at radius 3 is 2.32 bits per heavy atom. The van der Waals surface area contributed by atoms with E-state index < -0.39 is 23.6 Å². The standard InChI is InChI=1S/C12H16F3NO3/c1-5-18-10(17)8-9(12(13,14)15)16-7(19-8)6-11(2,3)4/h5-6H2,1-4H3. The second kappa shape index (κ2) is 5.22. The topological polar surface area (TPSA) is 52.3 Å². The maximum atomic E-state index is 12.8. The van der Waals surface area contributed by atoms with Gasteiger partial charge in [-0.1, -0.05) is 20.8 Å². The molecule has 0 aliphatic carbocycles. The van der Waals surface area contributed by atoms with Gasteiger partial charge in [-0.25, -0.2) is 9.78 Å². The highest BCUT2D eigenvalue weighted by molar-refractivity contribution is 5.87. The van der Waals surface area contributed by atoms with Crippen molar-refractivity contribution >= 4 is 5.97 Å². The molecule has 1 rings (SSSR count). The Balaban J connectivity index is 3.17. The van der Waals surface area contributed by atoms with E-state index in [4.69, 9.17) is 4.42 Å². The predicted molar refractivity (Wildman–Crippen MR) is 60.6 cm³/mol. The summed E-state index contributed by atoms with van der Waals surface area (Å²) < 4.78 is 47.8. The molecule has 0 saturated carbocycles. The molecular weight excluding hydrogens is 263 g/mol. The second-order valence-electron chi connectivity index (χ2n) is 5.24. The molecule has 1 aromatic heterocycles. The van der Waals surface area contributed by atoms with Crippen molar-refractivity contribution in [2.75, 3.05) is 6.61 Å². The van der Waals surface area contributed by atoms with E-state index in [9.17, 15) is 18.0 Å². The summed E-state index contributed by atoms with van der Waals surface area (Å²) in [5.74, 6) is -2.15. The summed E-state index contributed by atoms with van der Waals surface area (Å²) in [5.41, 5.74) is -1.63. The van der Waals surface area contributed by atoms with E-state index in [-0.39, 0.29) is 24.3 Å². The van der Waals surface area contributed by atoms with Gasteiger partial charge in [-0.3, -0.25) is 0 Å². The van der Waals surface area contributed by atoms with Crippen LogP contribution < -0.4 is 0 Å². The molecule has 0 aliphatic rings. The van der Waals surface area contributed by atoms with E-state index >= 15 is 0 Å². The van der Waals surface area contributed by atoms with Crippen molar-refractivity contribution in [2.45, 2.75) is 40.3 Å². The number of rotatable bonds is 3. The molecule has 108 valence electrons. The van der Waals surface area contributed by atoms with E-state index in [1.165, 1.54) is 6.92 Å². The van der Waals surface area contributed by atoms with Crippen molar-refractivity contribution in [1.82, 2.24) is 4.98 Å². The largest absolute Gasteiger partial charge is 0.460 e. The maximum absolute atomic E-state index is 12.8. The molecule has 0 saturated heterocycles. The van der Waals surface area contributed by atoms with Gasteiger partial charge in [-0.15, -0.1) is 0 Å². The lowest BCUT2D eigenvalue weighted by Crippen LogP contribution is -2.14. The fourth-order valence-corrected chi connectivity index (χ4v) is 1.42. The monoisotopic (exact) mass is 279 g/mol. The van der Waals surface area contributed by atoms with Crippen LogP contribution in [-0.2, 0) is 17.3 Å². The highest BCUT2D eigenvalue weighted by Gasteiger charge is 2.42. The van der Waals surface area contributed by atoms with Crippen LogP contribution in [0, 0.1) is 5.41 Å². The van der Waals surface area contributed by atoms with E-state index in [0.29, 0.717) is 0 Å². The Morgan fingerprint density at radius 2 is 1.89 bits per heavy atom. The van der Waals surface area contributed by atoms with Gasteiger partial charge in [0.05, 0.1) is 6.61 Å². The van der Waals surface area contributed by atoms with Crippen molar-refractivity contribution < 1.29 is 27.1 Å². The summed E-state index contributed by atoms with van der Waals surface area (Å²) in [6.07, 6.45) is -4.56. The van der Waals surface area contributed by atoms with Gasteiger partial charge < -0.3 is 9.15 Å². The lowest BCUT2D eigenvalue weighted by Gasteiger charge is -2.14. The predicted octanol–water partition coefficient (Wildman–Crippen LogP) is 3.46. The van der Waals surface area contributed by atoms with E-state index in [1.807, 2.05) is 20.8 Å². The number of nitrogens with zero attached hydrogens (tertiary/aromatic N) is 1. The number of oxazole rings is 1. The van der Waals surface area contributed by atoms with Gasteiger partial charge >= 0.3 is 12.1 Å². The summed E-state index contributed by atoms with van der Waals surface area (Å²) in [7, 11) is 0. The molecule has 1 aromatic rings. The number of ether oxygens (including phenoxy) is 1. The van der Waals surface area contributed by atoms with Crippen molar-refractivity contribution in [2.24, 2.45) is 5.41 Å². The zero-order valence-electron chi connectivity index (χ0n) is 11.2. The van der Waals surface area contributed by atoms with Crippen LogP contribution in [0.3, 0.4) is 0 Å². The Kier molecular flexibility index (Phi) is 4.27. The lowest BCUT2D eigenvalue weighted by atomic mass is 9.92. The van der Waals surface area contributed by atoms with Gasteiger partial charge in [0, 0.05) is 6.42 Å². The SMILES string of the molecule is CCOC(=O)c1oc(CC(C)(C)C)nc1C(F)(F)F. The first-order valence-corrected chi connectivity index (χ1v) is 5.78. The first-order chi connectivity index (χ1) is 8.54. The number of aromatic nitrogens is 1. The van der Waals surface area contributed by atoms with Crippen LogP contribution in [0.4, 0.5) is 13.2 Å². The normalized spacial score (nSPS) is 12.6. The van der Waals surface area contributed by atoms with Crippen LogP contribution in [0.25, 0.3) is 0 Å². The van der Waals surface area contributed by atoms with Crippen molar-refractivity contribution in [3.63, 3.8) is 0 Å². The number of esters is 1. The second-order valence-corrected chi connectivity index (χ2v) is 5.24. The molecule has 0 fully saturated rings. The fraction of sp³-hybridized carbons (Fsp3) is 0.667. The smallest absolute Gasteiger partial charge is 0.437 e. The van der Waals surface area contributed by atoms with Gasteiger partial charge in [0.2, 0.25) is 5.76 Å². The van der Waals surface area contributed by atoms with Gasteiger partial charge in [-0.05, 0) is 12.3 Å². The molecule has 0 aromatic carbocycles. The highest BCUT2D eigenvalue weighted by atomic mass is 19.4. The fourth-order valence-electron chi connectivity index (χ4n) is 1.42. The molecule has 0 amide bonds. The maximum Gasteiger partial charge on any atom is 0.437 e. The summed E-state index contributed by atoms with van der Waals surface area (Å²) in [5, 5.41) is 0. The van der Waals surface area contributed by atoms with E-state index in [0.717, 1.165) is 0 Å². The third-order valence-electron chi connectivity index (χ3n) is 2.08. The van der Waals surface area contributed by atoms with Crippen molar-refractivity contribution in [3.05, 3.63) is 17.3 Å². The lowest BCUT2D eigenvalue weighted by molar-refractivity contribution is -0.141. The molecule has 0 unspecified atom stereocenters. The molecule has 7 heteroatoms. The van der Waals surface area contributed by atoms with Crippen LogP contribution in [0.1, 0.15) is 49.8 Å². The van der Waals surface area contributed by atoms with Gasteiger partial charge in [0.15, 0.2) is 11.6 Å². The Labute approximate surface area is 109 Å². The number of hydrogen-bond donors (Lipinski definition) is 0. The molecule has 4 nitrogen and oxygen atoms in total. The number of hydrogen-bond acceptors (Lipinski definition) is 4. The first kappa shape index (κ1) is 15.5. The molecule has 0 bridgehead atoms. The van der Waals surface area contributed by atoms with Crippen molar-refractivity contribution in [3.8, 4) is 0 Å². The zero-order chi connectivity index (χ0) is 14.8. The average Bonchev–Trinajstić information content (AvgIpc) is 2.58. The molecule has 0 atom stereocenters. The Morgan fingerprint density at radius 1 is 1.32 bits per heavy atom. The third-order valence-corrected chi connectivity index (χ3v) is 2.08. The number of halogens is 3. The van der Waals surface area contributed by atoms with E-state index in [1.54, 1.807) is 0 Å². The Bertz CT molecular complexity index is 458. The van der Waals surface area contributed by atoms with Crippen LogP contribution in [-0.4, -0.2) is 17.6 Å². The third kappa shape index (κ3) is 4.25. The molecule has 0 radical (unpaired) electrons. The van der Waals surface area contributed by atoms with Gasteiger partial charge in [-0.2, -0.15) is 13.2 Å².